The fourth-order valence-corrected chi connectivity index (χ4v) is 6.52. The minimum Gasteiger partial charge on any atom is -0.502 e. The van der Waals surface area contributed by atoms with Crippen LogP contribution in [0.1, 0.15) is 46.1 Å². The molecule has 8 nitrogen and oxygen atoms in total. The SMILES string of the molecule is O=C1c2c(O)c(=O)ccn2N([C@H]2c3ccccc3CSc3ccccc32)[C@@H]2COC(OC3CC3)CN12. The maximum Gasteiger partial charge on any atom is 0.278 e. The van der Waals surface area contributed by atoms with Gasteiger partial charge in [0.15, 0.2) is 17.7 Å². The molecule has 4 aliphatic rings. The van der Waals surface area contributed by atoms with Crippen molar-refractivity contribution in [1.29, 1.82) is 0 Å². The zero-order chi connectivity index (χ0) is 24.4. The van der Waals surface area contributed by atoms with Crippen molar-refractivity contribution in [3.8, 4) is 5.75 Å². The van der Waals surface area contributed by atoms with Crippen molar-refractivity contribution in [3.63, 3.8) is 0 Å². The molecule has 36 heavy (non-hydrogen) atoms. The summed E-state index contributed by atoms with van der Waals surface area (Å²) in [6, 6.07) is 17.6. The van der Waals surface area contributed by atoms with Crippen molar-refractivity contribution in [2.24, 2.45) is 0 Å². The standard InChI is InChI=1S/C27H25N3O5S/c31-20-11-12-29-25(26(20)32)27(33)28-13-23(35-17-9-10-17)34-14-22(28)30(29)24-18-6-2-1-5-16(18)15-36-21-8-4-3-7-19(21)24/h1-8,11-12,17,22-24,32H,9-10,13-15H2/t22-,23?,24+/m1/s1. The smallest absolute Gasteiger partial charge is 0.278 e. The van der Waals surface area contributed by atoms with E-state index in [2.05, 4.69) is 29.3 Å². The van der Waals surface area contributed by atoms with Crippen molar-refractivity contribution >= 4 is 17.7 Å². The third-order valence-corrected chi connectivity index (χ3v) is 8.43. The molecule has 1 saturated carbocycles. The van der Waals surface area contributed by atoms with Crippen LogP contribution < -0.4 is 10.4 Å². The van der Waals surface area contributed by atoms with Crippen LogP contribution in [0.15, 0.2) is 70.5 Å². The molecule has 0 bridgehead atoms. The monoisotopic (exact) mass is 503 g/mol. The number of aromatic hydroxyl groups is 1. The number of morpholine rings is 1. The van der Waals surface area contributed by atoms with Gasteiger partial charge in [-0.05, 0) is 35.6 Å². The van der Waals surface area contributed by atoms with E-state index in [4.69, 9.17) is 9.47 Å². The van der Waals surface area contributed by atoms with Crippen LogP contribution in [0, 0.1) is 0 Å². The first-order chi connectivity index (χ1) is 17.6. The number of aromatic nitrogens is 1. The second-order valence-electron chi connectivity index (χ2n) is 9.57. The Balaban J connectivity index is 1.43. The fraction of sp³-hybridized carbons (Fsp3) is 0.333. The van der Waals surface area contributed by atoms with Crippen LogP contribution in [0.2, 0.25) is 0 Å². The number of hydrogen-bond acceptors (Lipinski definition) is 7. The van der Waals surface area contributed by atoms with E-state index in [1.807, 2.05) is 24.3 Å². The number of carbonyl (C=O) groups is 1. The predicted octanol–water partition coefficient (Wildman–Crippen LogP) is 3.20. The lowest BCUT2D eigenvalue weighted by Gasteiger charge is -2.52. The molecule has 3 atom stereocenters. The van der Waals surface area contributed by atoms with E-state index < -0.39 is 29.5 Å². The Morgan fingerprint density at radius 2 is 1.78 bits per heavy atom. The van der Waals surface area contributed by atoms with Gasteiger partial charge in [-0.25, -0.2) is 0 Å². The molecule has 9 heteroatoms. The number of amides is 1. The third-order valence-electron chi connectivity index (χ3n) is 7.29. The van der Waals surface area contributed by atoms with Gasteiger partial charge >= 0.3 is 0 Å². The van der Waals surface area contributed by atoms with Gasteiger partial charge in [0, 0.05) is 22.9 Å². The average Bonchev–Trinajstić information content (AvgIpc) is 3.73. The zero-order valence-electron chi connectivity index (χ0n) is 19.4. The first kappa shape index (κ1) is 22.0. The van der Waals surface area contributed by atoms with Crippen molar-refractivity contribution in [3.05, 3.63) is 93.4 Å². The van der Waals surface area contributed by atoms with Gasteiger partial charge in [0.25, 0.3) is 5.91 Å². The number of nitrogens with zero attached hydrogens (tertiary/aromatic N) is 3. The van der Waals surface area contributed by atoms with Crippen LogP contribution in [-0.4, -0.2) is 52.3 Å². The topological polar surface area (TPSA) is 84.2 Å². The molecule has 4 heterocycles. The van der Waals surface area contributed by atoms with Crippen LogP contribution in [0.3, 0.4) is 0 Å². The van der Waals surface area contributed by atoms with Crippen LogP contribution in [0.4, 0.5) is 0 Å². The molecule has 1 N–H and O–H groups in total. The Labute approximate surface area is 212 Å². The molecule has 7 rings (SSSR count). The lowest BCUT2D eigenvalue weighted by molar-refractivity contribution is -0.196. The summed E-state index contributed by atoms with van der Waals surface area (Å²) in [5.41, 5.74) is 2.81. The normalized spacial score (nSPS) is 24.9. The number of ether oxygens (including phenoxy) is 2. The first-order valence-corrected chi connectivity index (χ1v) is 13.2. The summed E-state index contributed by atoms with van der Waals surface area (Å²) in [5, 5.41) is 12.9. The van der Waals surface area contributed by atoms with Crippen molar-refractivity contribution in [2.75, 3.05) is 18.2 Å². The molecule has 3 aromatic rings. The molecule has 1 saturated heterocycles. The van der Waals surface area contributed by atoms with Crippen molar-refractivity contribution in [1.82, 2.24) is 9.58 Å². The Hall–Kier alpha value is -3.27. The van der Waals surface area contributed by atoms with E-state index in [0.717, 1.165) is 34.6 Å². The summed E-state index contributed by atoms with van der Waals surface area (Å²) < 4.78 is 13.8. The third kappa shape index (κ3) is 3.45. The fourth-order valence-electron chi connectivity index (χ4n) is 5.42. The molecule has 0 spiro atoms. The molecule has 3 aliphatic heterocycles. The Kier molecular flexibility index (Phi) is 5.13. The summed E-state index contributed by atoms with van der Waals surface area (Å²) >= 11 is 1.78. The number of carbonyl (C=O) groups excluding carboxylic acids is 1. The molecule has 1 unspecified atom stereocenters. The number of benzene rings is 2. The Bertz CT molecular complexity index is 1370. The predicted molar refractivity (Wildman–Crippen MR) is 134 cm³/mol. The number of fused-ring (bicyclic) bond motifs is 4. The minimum atomic E-state index is -0.579. The van der Waals surface area contributed by atoms with Gasteiger partial charge in [0.1, 0.15) is 6.17 Å². The van der Waals surface area contributed by atoms with Gasteiger partial charge in [-0.2, -0.15) is 0 Å². The first-order valence-electron chi connectivity index (χ1n) is 12.2. The van der Waals surface area contributed by atoms with E-state index in [0.29, 0.717) is 0 Å². The molecular formula is C27H25N3O5S. The highest BCUT2D eigenvalue weighted by molar-refractivity contribution is 7.98. The molecule has 1 aromatic heterocycles. The lowest BCUT2D eigenvalue weighted by atomic mass is 9.93. The number of hydrogen-bond donors (Lipinski definition) is 1. The zero-order valence-corrected chi connectivity index (χ0v) is 20.3. The van der Waals surface area contributed by atoms with Gasteiger partial charge in [-0.3, -0.25) is 19.3 Å². The van der Waals surface area contributed by atoms with E-state index in [9.17, 15) is 14.7 Å². The van der Waals surface area contributed by atoms with Crippen molar-refractivity contribution in [2.45, 2.75) is 48.1 Å². The van der Waals surface area contributed by atoms with Gasteiger partial charge in [-0.1, -0.05) is 42.5 Å². The largest absolute Gasteiger partial charge is 0.502 e. The van der Waals surface area contributed by atoms with E-state index in [-0.39, 0.29) is 31.0 Å². The maximum atomic E-state index is 13.7. The summed E-state index contributed by atoms with van der Waals surface area (Å²) in [6.07, 6.45) is 2.75. The molecule has 0 radical (unpaired) electrons. The van der Waals surface area contributed by atoms with E-state index in [1.165, 1.54) is 11.6 Å². The van der Waals surface area contributed by atoms with E-state index >= 15 is 0 Å². The highest BCUT2D eigenvalue weighted by Gasteiger charge is 2.48. The molecule has 1 aliphatic carbocycles. The van der Waals surface area contributed by atoms with Crippen LogP contribution in [-0.2, 0) is 15.2 Å². The molecule has 184 valence electrons. The average molecular weight is 504 g/mol. The maximum absolute atomic E-state index is 13.7. The highest BCUT2D eigenvalue weighted by atomic mass is 32.2. The van der Waals surface area contributed by atoms with Gasteiger partial charge in [0.05, 0.1) is 25.3 Å². The van der Waals surface area contributed by atoms with Gasteiger partial charge in [0.2, 0.25) is 5.43 Å². The summed E-state index contributed by atoms with van der Waals surface area (Å²) in [7, 11) is 0. The Morgan fingerprint density at radius 1 is 1.00 bits per heavy atom. The van der Waals surface area contributed by atoms with E-state index in [1.54, 1.807) is 27.5 Å². The van der Waals surface area contributed by atoms with Crippen LogP contribution in [0.5, 0.6) is 5.75 Å². The molecule has 1 amide bonds. The number of rotatable bonds is 3. The second-order valence-corrected chi connectivity index (χ2v) is 10.6. The van der Waals surface area contributed by atoms with Crippen LogP contribution >= 0.6 is 11.8 Å². The summed E-state index contributed by atoms with van der Waals surface area (Å²) in [5.74, 6) is -0.119. The summed E-state index contributed by atoms with van der Waals surface area (Å²) in [6.45, 7) is 0.465. The minimum absolute atomic E-state index is 0.0299. The van der Waals surface area contributed by atoms with Crippen LogP contribution in [0.25, 0.3) is 0 Å². The second kappa shape index (κ2) is 8.40. The lowest BCUT2D eigenvalue weighted by Crippen LogP contribution is -2.67. The highest BCUT2D eigenvalue weighted by Crippen LogP contribution is 2.44. The number of pyridine rings is 1. The van der Waals surface area contributed by atoms with Gasteiger partial charge < -0.3 is 19.5 Å². The molecule has 2 aromatic carbocycles. The number of thioether (sulfide) groups is 1. The van der Waals surface area contributed by atoms with Gasteiger partial charge in [-0.15, -0.1) is 11.8 Å². The molecule has 2 fully saturated rings. The Morgan fingerprint density at radius 3 is 2.61 bits per heavy atom. The quantitative estimate of drug-likeness (QED) is 0.588. The molecular weight excluding hydrogens is 478 g/mol. The van der Waals surface area contributed by atoms with Crippen molar-refractivity contribution < 1.29 is 19.4 Å². The summed E-state index contributed by atoms with van der Waals surface area (Å²) in [4.78, 5) is 29.0.